The molecule has 0 bridgehead atoms. The zero-order chi connectivity index (χ0) is 13.3. The van der Waals surface area contributed by atoms with Crippen LogP contribution < -0.4 is 0 Å². The molecular formula is C16H25NO. The molecule has 0 amide bonds. The first-order chi connectivity index (χ1) is 8.42. The van der Waals surface area contributed by atoms with Crippen LogP contribution in [-0.4, -0.2) is 29.1 Å². The molecule has 1 aromatic carbocycles. The van der Waals surface area contributed by atoms with Gasteiger partial charge in [0, 0.05) is 19.1 Å². The molecule has 1 saturated heterocycles. The third-order valence-electron chi connectivity index (χ3n) is 4.24. The molecule has 0 atom stereocenters. The number of hydrogen-bond acceptors (Lipinski definition) is 2. The van der Waals surface area contributed by atoms with Crippen molar-refractivity contribution in [2.75, 3.05) is 13.1 Å². The van der Waals surface area contributed by atoms with Crippen molar-refractivity contribution in [3.8, 4) is 0 Å². The van der Waals surface area contributed by atoms with E-state index in [0.29, 0.717) is 6.04 Å². The summed E-state index contributed by atoms with van der Waals surface area (Å²) in [4.78, 5) is 2.44. The fourth-order valence-electron chi connectivity index (χ4n) is 3.02. The van der Waals surface area contributed by atoms with E-state index in [1.807, 2.05) is 0 Å². The molecule has 18 heavy (non-hydrogen) atoms. The third-order valence-corrected chi connectivity index (χ3v) is 4.24. The van der Waals surface area contributed by atoms with Crippen LogP contribution in [0.1, 0.15) is 43.4 Å². The van der Waals surface area contributed by atoms with Gasteiger partial charge < -0.3 is 10.0 Å². The topological polar surface area (TPSA) is 23.5 Å². The van der Waals surface area contributed by atoms with Gasteiger partial charge >= 0.3 is 0 Å². The van der Waals surface area contributed by atoms with Crippen LogP contribution in [0, 0.1) is 13.8 Å². The maximum absolute atomic E-state index is 10.9. The van der Waals surface area contributed by atoms with Crippen molar-refractivity contribution >= 4 is 0 Å². The van der Waals surface area contributed by atoms with Gasteiger partial charge in [-0.3, -0.25) is 0 Å². The van der Waals surface area contributed by atoms with Crippen LogP contribution in [0.15, 0.2) is 18.2 Å². The number of likely N-dealkylation sites (tertiary alicyclic amines) is 1. The smallest absolute Gasteiger partial charge is 0.0923 e. The summed E-state index contributed by atoms with van der Waals surface area (Å²) in [5.74, 6) is 0. The van der Waals surface area contributed by atoms with Crippen LogP contribution in [0.5, 0.6) is 0 Å². The predicted octanol–water partition coefficient (Wildman–Crippen LogP) is 3.00. The Hall–Kier alpha value is -0.860. The maximum atomic E-state index is 10.9. The monoisotopic (exact) mass is 247 g/mol. The quantitative estimate of drug-likeness (QED) is 0.868. The minimum atomic E-state index is -0.622. The van der Waals surface area contributed by atoms with Crippen LogP contribution in [0.3, 0.4) is 0 Å². The van der Waals surface area contributed by atoms with Gasteiger partial charge in [-0.15, -0.1) is 0 Å². The summed E-state index contributed by atoms with van der Waals surface area (Å²) in [6, 6.07) is 6.96. The van der Waals surface area contributed by atoms with E-state index in [0.717, 1.165) is 31.5 Å². The number of aliphatic hydroxyl groups is 1. The van der Waals surface area contributed by atoms with Gasteiger partial charge in [0.05, 0.1) is 5.60 Å². The van der Waals surface area contributed by atoms with Crippen molar-refractivity contribution in [2.45, 2.75) is 52.2 Å². The molecule has 0 aliphatic carbocycles. The molecule has 100 valence electrons. The number of rotatable bonds is 2. The SMILES string of the molecule is Cc1ccc(C2(O)CCN(C(C)C)CC2)c(C)c1. The van der Waals surface area contributed by atoms with E-state index in [1.54, 1.807) is 0 Å². The standard InChI is InChI=1S/C16H25NO/c1-12(2)17-9-7-16(18,8-10-17)15-6-5-13(3)11-14(15)4/h5-6,11-12,18H,7-10H2,1-4H3. The van der Waals surface area contributed by atoms with Gasteiger partial charge in [-0.1, -0.05) is 23.8 Å². The van der Waals surface area contributed by atoms with Crippen molar-refractivity contribution < 1.29 is 5.11 Å². The molecule has 1 aliphatic rings. The minimum Gasteiger partial charge on any atom is -0.385 e. The Bertz CT molecular complexity index is 417. The van der Waals surface area contributed by atoms with E-state index in [-0.39, 0.29) is 0 Å². The number of nitrogens with zero attached hydrogens (tertiary/aromatic N) is 1. The molecule has 0 saturated carbocycles. The Kier molecular flexibility index (Phi) is 3.79. The van der Waals surface area contributed by atoms with Crippen molar-refractivity contribution in [1.82, 2.24) is 4.90 Å². The lowest BCUT2D eigenvalue weighted by molar-refractivity contribution is -0.0328. The molecule has 1 heterocycles. The zero-order valence-corrected chi connectivity index (χ0v) is 12.0. The van der Waals surface area contributed by atoms with Gasteiger partial charge in [0.15, 0.2) is 0 Å². The predicted molar refractivity (Wildman–Crippen MR) is 75.8 cm³/mol. The highest BCUT2D eigenvalue weighted by Gasteiger charge is 2.35. The van der Waals surface area contributed by atoms with Crippen molar-refractivity contribution in [1.29, 1.82) is 0 Å². The first-order valence-electron chi connectivity index (χ1n) is 6.96. The number of piperidine rings is 1. The third kappa shape index (κ3) is 2.60. The van der Waals surface area contributed by atoms with Gasteiger partial charge in [-0.05, 0) is 51.7 Å². The molecule has 1 fully saturated rings. The normalized spacial score (nSPS) is 20.3. The molecule has 1 aliphatic heterocycles. The Morgan fingerprint density at radius 1 is 1.17 bits per heavy atom. The summed E-state index contributed by atoms with van der Waals surface area (Å²) >= 11 is 0. The highest BCUT2D eigenvalue weighted by atomic mass is 16.3. The van der Waals surface area contributed by atoms with E-state index in [9.17, 15) is 5.11 Å². The summed E-state index contributed by atoms with van der Waals surface area (Å²) < 4.78 is 0. The average molecular weight is 247 g/mol. The first kappa shape index (κ1) is 13.6. The molecule has 0 radical (unpaired) electrons. The highest BCUT2D eigenvalue weighted by molar-refractivity contribution is 5.35. The van der Waals surface area contributed by atoms with E-state index in [2.05, 4.69) is 50.8 Å². The fourth-order valence-corrected chi connectivity index (χ4v) is 3.02. The second-order valence-electron chi connectivity index (χ2n) is 5.98. The van der Waals surface area contributed by atoms with Gasteiger partial charge in [0.2, 0.25) is 0 Å². The summed E-state index contributed by atoms with van der Waals surface area (Å²) in [6.45, 7) is 10.6. The molecule has 0 aromatic heterocycles. The minimum absolute atomic E-state index is 0.577. The van der Waals surface area contributed by atoms with Crippen LogP contribution in [0.2, 0.25) is 0 Å². The lowest BCUT2D eigenvalue weighted by atomic mass is 9.81. The van der Waals surface area contributed by atoms with Crippen LogP contribution in [0.4, 0.5) is 0 Å². The van der Waals surface area contributed by atoms with Gasteiger partial charge in [0.1, 0.15) is 0 Å². The zero-order valence-electron chi connectivity index (χ0n) is 12.0. The lowest BCUT2D eigenvalue weighted by Crippen LogP contribution is -2.45. The summed E-state index contributed by atoms with van der Waals surface area (Å²) in [7, 11) is 0. The molecule has 1 aromatic rings. The van der Waals surface area contributed by atoms with Crippen molar-refractivity contribution in [2.24, 2.45) is 0 Å². The summed E-state index contributed by atoms with van der Waals surface area (Å²) in [5.41, 5.74) is 2.98. The van der Waals surface area contributed by atoms with Gasteiger partial charge in [0.25, 0.3) is 0 Å². The molecule has 2 heteroatoms. The maximum Gasteiger partial charge on any atom is 0.0923 e. The average Bonchev–Trinajstić information content (AvgIpc) is 2.29. The van der Waals surface area contributed by atoms with Gasteiger partial charge in [-0.2, -0.15) is 0 Å². The van der Waals surface area contributed by atoms with Crippen molar-refractivity contribution in [3.05, 3.63) is 34.9 Å². The van der Waals surface area contributed by atoms with Crippen LogP contribution >= 0.6 is 0 Å². The van der Waals surface area contributed by atoms with E-state index < -0.39 is 5.60 Å². The molecule has 0 spiro atoms. The Labute approximate surface area is 111 Å². The number of hydrogen-bond donors (Lipinski definition) is 1. The largest absolute Gasteiger partial charge is 0.385 e. The van der Waals surface area contributed by atoms with Gasteiger partial charge in [-0.25, -0.2) is 0 Å². The highest BCUT2D eigenvalue weighted by Crippen LogP contribution is 2.35. The summed E-state index contributed by atoms with van der Waals surface area (Å²) in [5, 5.41) is 10.9. The molecular weight excluding hydrogens is 222 g/mol. The lowest BCUT2D eigenvalue weighted by Gasteiger charge is -2.41. The summed E-state index contributed by atoms with van der Waals surface area (Å²) in [6.07, 6.45) is 1.68. The molecule has 2 nitrogen and oxygen atoms in total. The van der Waals surface area contributed by atoms with E-state index >= 15 is 0 Å². The van der Waals surface area contributed by atoms with E-state index in [4.69, 9.17) is 0 Å². The second kappa shape index (κ2) is 5.02. The number of aryl methyl sites for hydroxylation is 2. The number of benzene rings is 1. The first-order valence-corrected chi connectivity index (χ1v) is 6.96. The molecule has 1 N–H and O–H groups in total. The Morgan fingerprint density at radius 2 is 1.78 bits per heavy atom. The second-order valence-corrected chi connectivity index (χ2v) is 5.98. The van der Waals surface area contributed by atoms with Crippen LogP contribution in [0.25, 0.3) is 0 Å². The van der Waals surface area contributed by atoms with E-state index in [1.165, 1.54) is 11.1 Å². The Morgan fingerprint density at radius 3 is 2.28 bits per heavy atom. The Balaban J connectivity index is 2.18. The van der Waals surface area contributed by atoms with Crippen molar-refractivity contribution in [3.63, 3.8) is 0 Å². The molecule has 2 rings (SSSR count). The fraction of sp³-hybridized carbons (Fsp3) is 0.625. The van der Waals surface area contributed by atoms with Crippen LogP contribution in [-0.2, 0) is 5.60 Å². The molecule has 0 unspecified atom stereocenters.